The predicted octanol–water partition coefficient (Wildman–Crippen LogP) is 3.81. The molecule has 118 valence electrons. The smallest absolute Gasteiger partial charge is 0.122 e. The van der Waals surface area contributed by atoms with Crippen molar-refractivity contribution in [1.29, 1.82) is 0 Å². The lowest BCUT2D eigenvalue weighted by molar-refractivity contribution is 0.363. The Hall–Kier alpha value is -2.09. The van der Waals surface area contributed by atoms with Gasteiger partial charge in [0, 0.05) is 25.8 Å². The van der Waals surface area contributed by atoms with E-state index in [9.17, 15) is 0 Å². The van der Waals surface area contributed by atoms with Crippen LogP contribution in [0.3, 0.4) is 0 Å². The molecule has 5 nitrogen and oxygen atoms in total. The Bertz CT molecular complexity index is 824. The molecule has 0 aliphatic rings. The molecule has 0 aliphatic carbocycles. The fourth-order valence-corrected chi connectivity index (χ4v) is 2.37. The number of nitrogens with zero attached hydrogens (tertiary/aromatic N) is 4. The van der Waals surface area contributed by atoms with Crippen LogP contribution in [0, 0.1) is 0 Å². The summed E-state index contributed by atoms with van der Waals surface area (Å²) < 4.78 is 7.57. The second-order valence-corrected chi connectivity index (χ2v) is 5.94. The van der Waals surface area contributed by atoms with Crippen LogP contribution in [0.2, 0.25) is 0 Å². The van der Waals surface area contributed by atoms with Gasteiger partial charge in [0.25, 0.3) is 0 Å². The number of hydrogen-bond donors (Lipinski definition) is 0. The van der Waals surface area contributed by atoms with E-state index in [-0.39, 0.29) is 0 Å². The molecule has 0 saturated carbocycles. The van der Waals surface area contributed by atoms with Gasteiger partial charge in [-0.15, -0.1) is 10.2 Å². The van der Waals surface area contributed by atoms with Crippen LogP contribution in [0.4, 0.5) is 5.69 Å². The maximum absolute atomic E-state index is 5.64. The van der Waals surface area contributed by atoms with Gasteiger partial charge in [0.05, 0.1) is 5.69 Å². The third-order valence-corrected chi connectivity index (χ3v) is 3.89. The van der Waals surface area contributed by atoms with Crippen LogP contribution in [-0.4, -0.2) is 35.7 Å². The molecule has 0 fully saturated rings. The third kappa shape index (κ3) is 3.64. The Kier molecular flexibility index (Phi) is 4.80. The van der Waals surface area contributed by atoms with E-state index in [0.29, 0.717) is 6.61 Å². The lowest BCUT2D eigenvalue weighted by atomic mass is 10.3. The van der Waals surface area contributed by atoms with Crippen LogP contribution in [0.1, 0.15) is 0 Å². The Morgan fingerprint density at radius 2 is 1.83 bits per heavy atom. The summed E-state index contributed by atoms with van der Waals surface area (Å²) >= 11 is 2.17. The topological polar surface area (TPSA) is 43.2 Å². The molecule has 6 heteroatoms. The Morgan fingerprint density at radius 1 is 1.09 bits per heavy atom. The standard InChI is InChI=1S/C17H17IN4O/c1-21(2)13-4-6-14(7-5-13)22-19-16-9-8-15(12-17(16)20-22)23-11-3-10-18/h3-10,12H,11H2,1-2H3/i18-4. The highest BCUT2D eigenvalue weighted by Crippen LogP contribution is 2.20. The minimum Gasteiger partial charge on any atom is -0.489 e. The molecule has 0 bridgehead atoms. The summed E-state index contributed by atoms with van der Waals surface area (Å²) in [4.78, 5) is 3.71. The van der Waals surface area contributed by atoms with Crippen LogP contribution in [-0.2, 0) is 0 Å². The van der Waals surface area contributed by atoms with Gasteiger partial charge in [0.15, 0.2) is 0 Å². The molecule has 1 aromatic heterocycles. The summed E-state index contributed by atoms with van der Waals surface area (Å²) in [5.41, 5.74) is 3.74. The predicted molar refractivity (Wildman–Crippen MR) is 102 cm³/mol. The van der Waals surface area contributed by atoms with Crippen LogP contribution in [0.5, 0.6) is 5.75 Å². The van der Waals surface area contributed by atoms with E-state index in [4.69, 9.17) is 4.74 Å². The zero-order valence-corrected chi connectivity index (χ0v) is 15.1. The highest BCUT2D eigenvalue weighted by molar-refractivity contribution is 14.1. The van der Waals surface area contributed by atoms with E-state index in [1.54, 1.807) is 4.80 Å². The maximum Gasteiger partial charge on any atom is 0.122 e. The van der Waals surface area contributed by atoms with Crippen molar-refractivity contribution in [2.75, 3.05) is 25.6 Å². The van der Waals surface area contributed by atoms with Gasteiger partial charge in [-0.1, -0.05) is 22.6 Å². The van der Waals surface area contributed by atoms with E-state index in [2.05, 4.69) is 37.7 Å². The average Bonchev–Trinajstić information content (AvgIpc) is 2.98. The molecule has 3 aromatic rings. The molecule has 3 rings (SSSR count). The second-order valence-electron chi connectivity index (χ2n) is 5.22. The van der Waals surface area contributed by atoms with E-state index < -0.39 is 0 Å². The highest BCUT2D eigenvalue weighted by Gasteiger charge is 2.06. The number of aromatic nitrogens is 3. The summed E-state index contributed by atoms with van der Waals surface area (Å²) in [6.45, 7) is 0.550. The van der Waals surface area contributed by atoms with Crippen molar-refractivity contribution in [3.8, 4) is 11.4 Å². The lowest BCUT2D eigenvalue weighted by Crippen LogP contribution is -2.08. The van der Waals surface area contributed by atoms with Gasteiger partial charge in [0.2, 0.25) is 0 Å². The van der Waals surface area contributed by atoms with Gasteiger partial charge in [-0.25, -0.2) is 0 Å². The normalized spacial score (nSPS) is 11.3. The van der Waals surface area contributed by atoms with Crippen molar-refractivity contribution in [2.24, 2.45) is 0 Å². The fourth-order valence-electron chi connectivity index (χ4n) is 2.16. The molecule has 0 aliphatic heterocycles. The minimum atomic E-state index is 0.550. The van der Waals surface area contributed by atoms with Crippen molar-refractivity contribution in [3.63, 3.8) is 0 Å². The first-order chi connectivity index (χ1) is 11.2. The number of anilines is 1. The summed E-state index contributed by atoms with van der Waals surface area (Å²) in [6, 6.07) is 13.9. The minimum absolute atomic E-state index is 0.550. The number of ether oxygens (including phenoxy) is 1. The third-order valence-electron chi connectivity index (χ3n) is 3.38. The van der Waals surface area contributed by atoms with Gasteiger partial charge < -0.3 is 9.64 Å². The number of hydrogen-bond acceptors (Lipinski definition) is 4. The zero-order chi connectivity index (χ0) is 16.2. The molecule has 2 aromatic carbocycles. The molecule has 0 radical (unpaired) electrons. The quantitative estimate of drug-likeness (QED) is 0.594. The van der Waals surface area contributed by atoms with E-state index >= 15 is 0 Å². The molecular weight excluding hydrogens is 399 g/mol. The first-order valence-electron chi connectivity index (χ1n) is 7.20. The van der Waals surface area contributed by atoms with Crippen molar-refractivity contribution in [1.82, 2.24) is 15.0 Å². The fraction of sp³-hybridized carbons (Fsp3) is 0.176. The van der Waals surface area contributed by atoms with Gasteiger partial charge in [-0.05, 0) is 46.6 Å². The lowest BCUT2D eigenvalue weighted by Gasteiger charge is -2.12. The zero-order valence-electron chi connectivity index (χ0n) is 13.0. The molecule has 0 N–H and O–H groups in total. The number of rotatable bonds is 5. The molecule has 0 atom stereocenters. The molecule has 0 amide bonds. The van der Waals surface area contributed by atoms with Crippen LogP contribution in [0.25, 0.3) is 16.7 Å². The average molecular weight is 416 g/mol. The molecule has 23 heavy (non-hydrogen) atoms. The van der Waals surface area contributed by atoms with E-state index in [1.165, 1.54) is 0 Å². The van der Waals surface area contributed by atoms with Gasteiger partial charge >= 0.3 is 0 Å². The first kappa shape index (κ1) is 15.8. The Morgan fingerprint density at radius 3 is 2.52 bits per heavy atom. The Labute approximate surface area is 148 Å². The molecule has 1 heterocycles. The highest BCUT2D eigenvalue weighted by atomic mass is 123. The number of benzene rings is 2. The largest absolute Gasteiger partial charge is 0.489 e. The molecule has 0 saturated heterocycles. The first-order valence-corrected chi connectivity index (χ1v) is 8.45. The van der Waals surface area contributed by atoms with Crippen LogP contribution < -0.4 is 9.64 Å². The Balaban J connectivity index is 1.87. The SMILES string of the molecule is CN(C)c1ccc(-n2nc3ccc(OCC=C[123I])cc3n2)cc1. The van der Waals surface area contributed by atoms with E-state index in [0.717, 1.165) is 28.2 Å². The second kappa shape index (κ2) is 6.99. The number of fused-ring (bicyclic) bond motifs is 1. The molecule has 0 unspecified atom stereocenters. The summed E-state index contributed by atoms with van der Waals surface area (Å²) in [5.74, 6) is 0.794. The van der Waals surface area contributed by atoms with Crippen molar-refractivity contribution < 1.29 is 4.74 Å². The van der Waals surface area contributed by atoms with Gasteiger partial charge in [-0.2, -0.15) is 4.80 Å². The summed E-state index contributed by atoms with van der Waals surface area (Å²) in [7, 11) is 4.04. The monoisotopic (exact) mass is 416 g/mol. The van der Waals surface area contributed by atoms with Crippen molar-refractivity contribution >= 4 is 39.3 Å². The summed E-state index contributed by atoms with van der Waals surface area (Å²) in [5, 5.41) is 9.06. The summed E-state index contributed by atoms with van der Waals surface area (Å²) in [6.07, 6.45) is 1.95. The maximum atomic E-state index is 5.64. The molecular formula is C17H17IN4O. The van der Waals surface area contributed by atoms with Crippen molar-refractivity contribution in [3.05, 3.63) is 52.6 Å². The van der Waals surface area contributed by atoms with Crippen LogP contribution >= 0.6 is 22.6 Å². The number of halogens is 1. The van der Waals surface area contributed by atoms with Crippen LogP contribution in [0.15, 0.2) is 52.6 Å². The van der Waals surface area contributed by atoms with E-state index in [1.807, 2.05) is 66.7 Å². The van der Waals surface area contributed by atoms with Gasteiger partial charge in [-0.3, -0.25) is 0 Å². The molecule has 0 spiro atoms. The van der Waals surface area contributed by atoms with Crippen molar-refractivity contribution in [2.45, 2.75) is 0 Å². The van der Waals surface area contributed by atoms with Gasteiger partial charge in [0.1, 0.15) is 23.4 Å².